The predicted octanol–water partition coefficient (Wildman–Crippen LogP) is 1.29. The van der Waals surface area contributed by atoms with E-state index in [-0.39, 0.29) is 36.9 Å². The first-order valence-corrected chi connectivity index (χ1v) is 27.9. The third kappa shape index (κ3) is 17.9. The summed E-state index contributed by atoms with van der Waals surface area (Å²) in [7, 11) is 0. The molecule has 0 aromatic heterocycles. The highest BCUT2D eigenvalue weighted by molar-refractivity contribution is 9.10. The van der Waals surface area contributed by atoms with Crippen molar-refractivity contribution in [1.29, 1.82) is 0 Å². The first-order valence-electron chi connectivity index (χ1n) is 27.1. The average Bonchev–Trinajstić information content (AvgIpc) is 3.40. The van der Waals surface area contributed by atoms with Crippen LogP contribution in [-0.4, -0.2) is 198 Å². The molecule has 1 aromatic rings. The smallest absolute Gasteiger partial charge is 0.332 e. The minimum atomic E-state index is -1.63. The van der Waals surface area contributed by atoms with Crippen LogP contribution in [0.3, 0.4) is 0 Å². The summed E-state index contributed by atoms with van der Waals surface area (Å²) in [6.45, 7) is 13.8. The van der Waals surface area contributed by atoms with Crippen LogP contribution in [0.25, 0.3) is 0 Å². The van der Waals surface area contributed by atoms with Crippen molar-refractivity contribution in [3.63, 3.8) is 0 Å². The maximum absolute atomic E-state index is 14.2. The third-order valence-corrected chi connectivity index (χ3v) is 16.2. The van der Waals surface area contributed by atoms with Crippen LogP contribution in [0.1, 0.15) is 109 Å². The lowest BCUT2D eigenvalue weighted by Crippen LogP contribution is -2.67. The molecule has 15 atom stereocenters. The van der Waals surface area contributed by atoms with Gasteiger partial charge in [0.2, 0.25) is 5.91 Å². The molecule has 3 aliphatic heterocycles. The second-order valence-corrected chi connectivity index (χ2v) is 21.8. The average molecular weight is 1100 g/mol. The molecule has 5 fully saturated rings. The minimum absolute atomic E-state index is 0.0142. The summed E-state index contributed by atoms with van der Waals surface area (Å²) in [5, 5.41) is 81.4. The predicted molar refractivity (Wildman–Crippen MR) is 274 cm³/mol. The first kappa shape index (κ1) is 59.9. The lowest BCUT2D eigenvalue weighted by atomic mass is 9.74. The van der Waals surface area contributed by atoms with Gasteiger partial charge in [0.05, 0.1) is 24.9 Å². The molecule has 2 saturated carbocycles. The molecule has 73 heavy (non-hydrogen) atoms. The van der Waals surface area contributed by atoms with Crippen molar-refractivity contribution >= 4 is 33.6 Å². The lowest BCUT2D eigenvalue weighted by Gasteiger charge is -2.49. The molecule has 20 nitrogen and oxygen atoms in total. The maximum atomic E-state index is 14.2. The molecule has 3 heterocycles. The van der Waals surface area contributed by atoms with Crippen LogP contribution in [0.4, 0.5) is 0 Å². The van der Waals surface area contributed by atoms with Gasteiger partial charge in [0.25, 0.3) is 0 Å². The van der Waals surface area contributed by atoms with Crippen molar-refractivity contribution in [2.75, 3.05) is 65.5 Å². The second-order valence-electron chi connectivity index (χ2n) is 21.0. The number of Topliss-reactive ketones (excluding diaryl/α,β-unsaturated/α-hetero) is 1. The van der Waals surface area contributed by atoms with Gasteiger partial charge in [0.15, 0.2) is 18.7 Å². The van der Waals surface area contributed by atoms with Gasteiger partial charge in [-0.05, 0) is 87.7 Å². The van der Waals surface area contributed by atoms with Gasteiger partial charge >= 0.3 is 5.97 Å². The van der Waals surface area contributed by atoms with Crippen molar-refractivity contribution < 1.29 is 68.7 Å². The molecule has 0 radical (unpaired) electrons. The van der Waals surface area contributed by atoms with E-state index >= 15 is 0 Å². The zero-order valence-corrected chi connectivity index (χ0v) is 44.8. The number of hydrogen-bond acceptors (Lipinski definition) is 18. The Morgan fingerprint density at radius 2 is 1.59 bits per heavy atom. The third-order valence-electron chi connectivity index (χ3n) is 15.4. The van der Waals surface area contributed by atoms with Gasteiger partial charge in [0, 0.05) is 76.1 Å². The molecule has 0 bridgehead atoms. The van der Waals surface area contributed by atoms with Crippen molar-refractivity contribution in [3.8, 4) is 0 Å². The molecular formula is C52H87BrN6O14. The fourth-order valence-electron chi connectivity index (χ4n) is 11.2. The van der Waals surface area contributed by atoms with Crippen LogP contribution < -0.4 is 26.6 Å². The summed E-state index contributed by atoms with van der Waals surface area (Å²) in [5.41, 5.74) is 2.34. The van der Waals surface area contributed by atoms with Gasteiger partial charge in [-0.1, -0.05) is 73.5 Å². The van der Waals surface area contributed by atoms with E-state index in [0.717, 1.165) is 107 Å². The second kappa shape index (κ2) is 30.6. The van der Waals surface area contributed by atoms with E-state index in [1.54, 1.807) is 6.92 Å². The Hall–Kier alpha value is -2.29. The number of aliphatic hydroxyl groups excluding tert-OH is 5. The van der Waals surface area contributed by atoms with E-state index in [1.807, 2.05) is 6.92 Å². The Labute approximate surface area is 439 Å². The highest BCUT2D eigenvalue weighted by Crippen LogP contribution is 2.40. The Balaban J connectivity index is 1.12. The number of benzene rings is 1. The van der Waals surface area contributed by atoms with E-state index < -0.39 is 104 Å². The summed E-state index contributed by atoms with van der Waals surface area (Å²) in [6.07, 6.45) is -7.94. The van der Waals surface area contributed by atoms with E-state index in [9.17, 15) is 45.0 Å². The number of carbonyl (C=O) groups excluding carboxylic acids is 2. The highest BCUT2D eigenvalue weighted by atomic mass is 79.9. The zero-order chi connectivity index (χ0) is 52.4. The molecule has 11 N–H and O–H groups in total. The minimum Gasteiger partial charge on any atom is -0.479 e. The fraction of sp³-hybridized carbons (Fsp3) is 0.827. The van der Waals surface area contributed by atoms with Crippen LogP contribution in [0.2, 0.25) is 0 Å². The highest BCUT2D eigenvalue weighted by Gasteiger charge is 2.53. The van der Waals surface area contributed by atoms with Crippen LogP contribution in [0, 0.1) is 17.8 Å². The maximum Gasteiger partial charge on any atom is 0.332 e. The number of nitrogens with one attached hydrogen (secondary N) is 5. The summed E-state index contributed by atoms with van der Waals surface area (Å²) in [5.74, 6) is -2.52. The molecule has 14 unspecified atom stereocenters. The molecule has 1 amide bonds. The number of halogens is 1. The largest absolute Gasteiger partial charge is 0.479 e. The van der Waals surface area contributed by atoms with E-state index in [0.29, 0.717) is 32.4 Å². The van der Waals surface area contributed by atoms with Gasteiger partial charge in [-0.3, -0.25) is 14.5 Å². The molecule has 5 aliphatic rings. The molecule has 0 spiro atoms. The van der Waals surface area contributed by atoms with Crippen molar-refractivity contribution in [2.45, 2.75) is 191 Å². The SMILES string of the molecule is CCC1CC(C(=O)CCCNCc2ccc(CN3CCCNCCNCCNCC3)c(Br)c2)CC(OC2OC(CO)C(O)C(O[C@@H](CC3CCCCC3)C(=O)O)C2NC(C)=O)C1OC1OC(C)C(O)C(O)C1O. The summed E-state index contributed by atoms with van der Waals surface area (Å²) in [4.78, 5) is 42.3. The van der Waals surface area contributed by atoms with Crippen LogP contribution in [-0.2, 0) is 51.2 Å². The van der Waals surface area contributed by atoms with E-state index in [1.165, 1.54) is 12.5 Å². The summed E-state index contributed by atoms with van der Waals surface area (Å²) in [6, 6.07) is 5.20. The van der Waals surface area contributed by atoms with Gasteiger partial charge in [-0.25, -0.2) is 4.79 Å². The number of aliphatic carboxylic acids is 1. The Morgan fingerprint density at radius 1 is 0.863 bits per heavy atom. The van der Waals surface area contributed by atoms with Crippen molar-refractivity contribution in [1.82, 2.24) is 31.5 Å². The Bertz CT molecular complexity index is 1820. The molecule has 416 valence electrons. The normalized spacial score (nSPS) is 34.2. The summed E-state index contributed by atoms with van der Waals surface area (Å²) >= 11 is 3.83. The number of carbonyl (C=O) groups is 3. The molecule has 6 rings (SSSR count). The number of carboxylic acids is 1. The fourth-order valence-corrected chi connectivity index (χ4v) is 11.7. The number of rotatable bonds is 21. The lowest BCUT2D eigenvalue weighted by molar-refractivity contribution is -0.338. The number of ketones is 1. The van der Waals surface area contributed by atoms with Gasteiger partial charge in [0.1, 0.15) is 48.4 Å². The Kier molecular flexibility index (Phi) is 25.1. The monoisotopic (exact) mass is 1100 g/mol. The van der Waals surface area contributed by atoms with Crippen LogP contribution >= 0.6 is 15.9 Å². The summed E-state index contributed by atoms with van der Waals surface area (Å²) < 4.78 is 32.6. The zero-order valence-electron chi connectivity index (χ0n) is 43.2. The molecular weight excluding hydrogens is 1010 g/mol. The molecule has 3 saturated heterocycles. The van der Waals surface area contributed by atoms with Crippen LogP contribution in [0.15, 0.2) is 22.7 Å². The topological polar surface area (TPSA) is 282 Å². The van der Waals surface area contributed by atoms with Gasteiger partial charge < -0.3 is 80.9 Å². The van der Waals surface area contributed by atoms with Gasteiger partial charge in [-0.15, -0.1) is 0 Å². The number of aliphatic hydroxyl groups is 5. The number of ether oxygens (including phenoxy) is 5. The van der Waals surface area contributed by atoms with Gasteiger partial charge in [-0.2, -0.15) is 0 Å². The molecule has 1 aromatic carbocycles. The number of carboxylic acid groups (broad SMARTS) is 1. The van der Waals surface area contributed by atoms with E-state index in [4.69, 9.17) is 23.7 Å². The van der Waals surface area contributed by atoms with Crippen molar-refractivity contribution in [3.05, 3.63) is 33.8 Å². The first-order chi connectivity index (χ1) is 35.2. The number of hydrogen-bond donors (Lipinski definition) is 11. The van der Waals surface area contributed by atoms with Crippen LogP contribution in [0.5, 0.6) is 0 Å². The Morgan fingerprint density at radius 3 is 2.27 bits per heavy atom. The standard InChI is InChI=1S/C52H87BrN6O14/c1-4-35-26-37(39(62)12-8-15-57-28-34-13-14-36(38(53)24-34)29-59-22-9-16-54-17-18-55-19-20-56-21-23-59)27-40(48(35)73-52-47(66)46(65)44(63)31(2)69-52)71-51-43(58-32(3)61)49(45(64)42(30-60)72-51)70-41(50(67)68)25-33-10-6-5-7-11-33/h13-14,24,31,33,35,37,40-49,51-52,54-57,60,63-66H,4-12,15-23,25-30H2,1-3H3,(H,58,61)(H,67,68)/t31?,35?,37?,40?,41-,42?,43?,44?,45?,46?,47?,48?,49?,51?,52?/m0/s1. The quantitative estimate of drug-likeness (QED) is 0.0774. The number of nitrogens with zero attached hydrogens (tertiary/aromatic N) is 1. The van der Waals surface area contributed by atoms with Crippen molar-refractivity contribution in [2.24, 2.45) is 17.8 Å². The molecule has 2 aliphatic carbocycles. The number of amides is 1. The molecule has 21 heteroatoms. The van der Waals surface area contributed by atoms with E-state index in [2.05, 4.69) is 65.6 Å².